The lowest BCUT2D eigenvalue weighted by molar-refractivity contribution is 0.523. The molecular formula is C137H79B3S8. The van der Waals surface area contributed by atoms with E-state index in [1.54, 1.807) is 0 Å². The van der Waals surface area contributed by atoms with Crippen LogP contribution in [0.5, 0.6) is 0 Å². The highest BCUT2D eigenvalue weighted by atomic mass is 32.1. The number of hydrogen-bond donors (Lipinski definition) is 0. The summed E-state index contributed by atoms with van der Waals surface area (Å²) in [4.78, 5) is 0. The first-order chi connectivity index (χ1) is 72.5. The Morgan fingerprint density at radius 1 is 0.189 bits per heavy atom. The summed E-state index contributed by atoms with van der Waals surface area (Å²) in [6.45, 7) is 17.5. The minimum absolute atomic E-state index is 0.0141. The number of thiophene rings is 8. The molecule has 0 amide bonds. The zero-order valence-electron chi connectivity index (χ0n) is 81.5. The maximum Gasteiger partial charge on any atom is 0.244 e. The molecule has 6 aliphatic heterocycles. The molecule has 0 radical (unpaired) electrons. The van der Waals surface area contributed by atoms with Crippen molar-refractivity contribution in [2.24, 2.45) is 0 Å². The second kappa shape index (κ2) is 27.8. The molecule has 6 aliphatic rings. The van der Waals surface area contributed by atoms with E-state index in [1.165, 1.54) is 370 Å². The monoisotopic (exact) mass is 2010 g/mol. The van der Waals surface area contributed by atoms with Crippen LogP contribution in [0, 0.1) is 0 Å². The zero-order valence-corrected chi connectivity index (χ0v) is 88.1. The fourth-order valence-corrected chi connectivity index (χ4v) is 39.6. The molecule has 11 heteroatoms. The minimum Gasteiger partial charge on any atom is -0.135 e. The summed E-state index contributed by atoms with van der Waals surface area (Å²) in [7, 11) is 0. The molecule has 8 aromatic heterocycles. The summed E-state index contributed by atoms with van der Waals surface area (Å²) in [6, 6.07) is 137. The number of hydrogen-bond acceptors (Lipinski definition) is 8. The Morgan fingerprint density at radius 2 is 0.541 bits per heavy atom. The average Bonchev–Trinajstić information content (AvgIpc) is 1.31. The smallest absolute Gasteiger partial charge is 0.135 e. The van der Waals surface area contributed by atoms with Crippen molar-refractivity contribution in [2.75, 3.05) is 0 Å². The van der Waals surface area contributed by atoms with Gasteiger partial charge in [-0.05, 0) is 257 Å². The first kappa shape index (κ1) is 81.6. The van der Waals surface area contributed by atoms with Crippen molar-refractivity contribution in [3.8, 4) is 66.8 Å². The van der Waals surface area contributed by atoms with Crippen LogP contribution in [0.1, 0.15) is 76.3 Å². The highest BCUT2D eigenvalue weighted by Gasteiger charge is 2.48. The molecule has 0 atom stereocenters. The van der Waals surface area contributed by atoms with Crippen LogP contribution < -0.4 is 49.2 Å². The third-order valence-electron chi connectivity index (χ3n) is 36.3. The molecule has 0 saturated carbocycles. The van der Waals surface area contributed by atoms with E-state index in [0.29, 0.717) is 0 Å². The van der Waals surface area contributed by atoms with Gasteiger partial charge in [0.15, 0.2) is 0 Å². The average molecular weight is 2010 g/mol. The summed E-state index contributed by atoms with van der Waals surface area (Å²) < 4.78 is 21.7. The molecule has 0 fully saturated rings. The van der Waals surface area contributed by atoms with Crippen molar-refractivity contribution in [1.29, 1.82) is 0 Å². The molecule has 0 aliphatic carbocycles. The van der Waals surface area contributed by atoms with E-state index in [4.69, 9.17) is 0 Å². The summed E-state index contributed by atoms with van der Waals surface area (Å²) >= 11 is 15.9. The molecule has 684 valence electrons. The number of rotatable bonds is 5. The van der Waals surface area contributed by atoms with Crippen LogP contribution in [-0.4, -0.2) is 20.1 Å². The first-order valence-corrected chi connectivity index (χ1v) is 58.6. The van der Waals surface area contributed by atoms with E-state index in [9.17, 15) is 0 Å². The van der Waals surface area contributed by atoms with E-state index in [-0.39, 0.29) is 25.6 Å². The molecule has 0 unspecified atom stereocenters. The van der Waals surface area contributed by atoms with Crippen LogP contribution in [0.2, 0.25) is 0 Å². The van der Waals surface area contributed by atoms with Gasteiger partial charge >= 0.3 is 0 Å². The lowest BCUT2D eigenvalue weighted by Crippen LogP contribution is -2.57. The van der Waals surface area contributed by atoms with Crippen molar-refractivity contribution < 1.29 is 0 Å². The van der Waals surface area contributed by atoms with Crippen LogP contribution in [0.15, 0.2) is 340 Å². The van der Waals surface area contributed by atoms with Gasteiger partial charge in [0.05, 0.1) is 0 Å². The van der Waals surface area contributed by atoms with Gasteiger partial charge in [-0.1, -0.05) is 346 Å². The summed E-state index contributed by atoms with van der Waals surface area (Å²) in [5.74, 6) is 0. The zero-order chi connectivity index (χ0) is 96.6. The molecule has 0 saturated heterocycles. The maximum absolute atomic E-state index is 2.76. The Labute approximate surface area is 882 Å². The van der Waals surface area contributed by atoms with Crippen LogP contribution >= 0.6 is 90.7 Å². The highest BCUT2D eigenvalue weighted by molar-refractivity contribution is 7.32. The van der Waals surface area contributed by atoms with Gasteiger partial charge in [0.2, 0.25) is 20.1 Å². The second-order valence-electron chi connectivity index (χ2n) is 45.6. The Morgan fingerprint density at radius 3 is 1.02 bits per heavy atom. The summed E-state index contributed by atoms with van der Waals surface area (Å²) in [5.41, 5.74) is 35.1. The van der Waals surface area contributed by atoms with Crippen LogP contribution in [0.25, 0.3) is 293 Å². The van der Waals surface area contributed by atoms with E-state index in [2.05, 4.69) is 388 Å². The summed E-state index contributed by atoms with van der Waals surface area (Å²) in [5, 5.41) is 38.3. The molecule has 14 heterocycles. The topological polar surface area (TPSA) is 0 Å². The van der Waals surface area contributed by atoms with Crippen LogP contribution in [-0.2, 0) is 22.7 Å². The molecule has 0 spiro atoms. The molecule has 0 nitrogen and oxygen atoms in total. The SMILES string of the molecule is CC(C)(C)c1cc2c3c(c1)-c1cc4c5ccccc5sc4c4c1c(cc1c5cc(CC(C)(C)c6cc7c8c(c6)-c6c9c(cc(C(C)(C)c%10cc%11c%12c(c%10)-c%10cccc%13c%10c(cc%10sc%14ccccc%14c%10%13)B%12c%10cc%12sc%13ccccc%13c%12c%12cccc-%11c%10%12)cc9cc9sc%10ccccc%10c69)B8c6cccc8cc9sc%10ccccc%10c9c-7c68)ccc5sc14)B3c1cc3c4ccccc4sc3c3c1c-2cc1c2ccccc2sc13. The molecule has 37 rings (SSSR count). The van der Waals surface area contributed by atoms with E-state index in [0.717, 1.165) is 6.42 Å². The van der Waals surface area contributed by atoms with E-state index in [1.807, 2.05) is 90.7 Å². The largest absolute Gasteiger partial charge is 0.244 e. The number of benzene rings is 23. The predicted molar refractivity (Wildman–Crippen MR) is 662 cm³/mol. The second-order valence-corrected chi connectivity index (χ2v) is 54.1. The lowest BCUT2D eigenvalue weighted by Gasteiger charge is -2.39. The minimum atomic E-state index is -0.522. The molecule has 0 N–H and O–H groups in total. The van der Waals surface area contributed by atoms with Gasteiger partial charge < -0.3 is 0 Å². The van der Waals surface area contributed by atoms with Gasteiger partial charge in [-0.15, -0.1) is 90.7 Å². The Kier molecular flexibility index (Phi) is 15.3. The van der Waals surface area contributed by atoms with Crippen molar-refractivity contribution >= 4 is 386 Å². The van der Waals surface area contributed by atoms with Crippen molar-refractivity contribution in [3.63, 3.8) is 0 Å². The predicted octanol–water partition coefficient (Wildman–Crippen LogP) is 35.1. The maximum atomic E-state index is 2.76. The van der Waals surface area contributed by atoms with Crippen molar-refractivity contribution in [1.82, 2.24) is 0 Å². The Balaban J connectivity index is 0.571. The molecular weight excluding hydrogens is 1930 g/mol. The Bertz CT molecular complexity index is 11800. The van der Waals surface area contributed by atoms with E-state index >= 15 is 0 Å². The normalized spacial score (nSPS) is 13.9. The van der Waals surface area contributed by atoms with Crippen molar-refractivity contribution in [2.45, 2.75) is 71.1 Å². The third-order valence-corrected chi connectivity index (χ3v) is 45.6. The van der Waals surface area contributed by atoms with Gasteiger partial charge in [0, 0.05) is 178 Å². The lowest BCUT2D eigenvalue weighted by atomic mass is 9.30. The van der Waals surface area contributed by atoms with Crippen LogP contribution in [0.3, 0.4) is 0 Å². The van der Waals surface area contributed by atoms with Gasteiger partial charge in [0.25, 0.3) is 0 Å². The molecule has 0 bridgehead atoms. The van der Waals surface area contributed by atoms with Gasteiger partial charge in [-0.2, -0.15) is 0 Å². The first-order valence-electron chi connectivity index (χ1n) is 52.1. The Hall–Kier alpha value is -14.4. The van der Waals surface area contributed by atoms with E-state index < -0.39 is 10.8 Å². The molecule has 31 aromatic rings. The highest BCUT2D eigenvalue weighted by Crippen LogP contribution is 2.60. The number of fused-ring (bicyclic) bond motifs is 44. The molecule has 148 heavy (non-hydrogen) atoms. The quantitative estimate of drug-likeness (QED) is 0.151. The fraction of sp³-hybridized carbons (Fsp3) is 0.0803. The molecule has 23 aromatic carbocycles. The fourth-order valence-electron chi connectivity index (χ4n) is 29.9. The third kappa shape index (κ3) is 10.1. The summed E-state index contributed by atoms with van der Waals surface area (Å²) in [6.07, 6.45) is 0.825. The standard InChI is InChI=1S/C137H79B3S8/c1-135(2,3)68-51-88-84-58-90-72-26-8-15-38-102(72)145-131(90)126-120(84)98(60-92-74-28-10-17-40-104(74)147-133(92)126)139-99-61-93-83-47-65(45-46-109(83)148-134(93)127-121(99)85(89(52-68)129(88)139)59-91-73-27-9-16-39-103(73)146-132(91)127)64-136(4,5)69-53-94-124-114-66(49-110-122(124)79-31-13-20-43-107(79)141-110)25-22-37-96(114)138-97-57-70(48-67-50-111-123(80-32-14-21-44-108(80)142-111)125(115(67)97)95(54-69)130(94)138)137(6,7)71-55-86-75-33-23-35-81-116(75)100(62-112-118(81)77-29-11-18-41-105(77)143-112)140-101-63-113-119(78-30-12-19-42-106(78)144-113)82-36-24-34-76(117(82)101)87(56-71)128(86)140/h8-63H,64H2,1-7H3. The van der Waals surface area contributed by atoms with Gasteiger partial charge in [-0.3, -0.25) is 0 Å². The van der Waals surface area contributed by atoms with Crippen LogP contribution in [0.4, 0.5) is 0 Å². The van der Waals surface area contributed by atoms with Gasteiger partial charge in [0.1, 0.15) is 0 Å². The van der Waals surface area contributed by atoms with Crippen molar-refractivity contribution in [3.05, 3.63) is 368 Å². The van der Waals surface area contributed by atoms with Gasteiger partial charge in [-0.25, -0.2) is 0 Å².